The van der Waals surface area contributed by atoms with Gasteiger partial charge in [-0.05, 0) is 24.6 Å². The van der Waals surface area contributed by atoms with Crippen LogP contribution < -0.4 is 5.32 Å². The Bertz CT molecular complexity index is 334. The summed E-state index contributed by atoms with van der Waals surface area (Å²) in [4.78, 5) is 0. The molecule has 0 fully saturated rings. The molecule has 0 spiro atoms. The molecular weight excluding hydrogens is 261 g/mol. The number of benzene rings is 1. The minimum absolute atomic E-state index is 0.635. The lowest BCUT2D eigenvalue weighted by Gasteiger charge is -2.08. The Morgan fingerprint density at radius 3 is 2.71 bits per heavy atom. The SMILES string of the molecule is COCCOCCCNc1ccc(Cl)cc1Cl. The normalized spacial score (nSPS) is 10.5. The molecule has 3 nitrogen and oxygen atoms in total. The fourth-order valence-corrected chi connectivity index (χ4v) is 1.75. The van der Waals surface area contributed by atoms with Gasteiger partial charge in [0.05, 0.1) is 23.9 Å². The predicted octanol–water partition coefficient (Wildman–Crippen LogP) is 3.46. The standard InChI is InChI=1S/C12H17Cl2NO2/c1-16-7-8-17-6-2-5-15-12-4-3-10(13)9-11(12)14/h3-4,9,15H,2,5-8H2,1H3. The molecular formula is C12H17Cl2NO2. The zero-order chi connectivity index (χ0) is 12.5. The van der Waals surface area contributed by atoms with Crippen molar-refractivity contribution in [3.8, 4) is 0 Å². The summed E-state index contributed by atoms with van der Waals surface area (Å²) in [6, 6.07) is 5.40. The van der Waals surface area contributed by atoms with Gasteiger partial charge in [0, 0.05) is 25.3 Å². The van der Waals surface area contributed by atoms with Crippen LogP contribution in [-0.2, 0) is 9.47 Å². The second-order valence-corrected chi connectivity index (χ2v) is 4.35. The highest BCUT2D eigenvalue weighted by Gasteiger charge is 1.99. The van der Waals surface area contributed by atoms with Gasteiger partial charge < -0.3 is 14.8 Å². The van der Waals surface area contributed by atoms with E-state index in [9.17, 15) is 0 Å². The number of methoxy groups -OCH3 is 1. The van der Waals surface area contributed by atoms with E-state index in [0.717, 1.165) is 18.7 Å². The van der Waals surface area contributed by atoms with E-state index < -0.39 is 0 Å². The molecule has 5 heteroatoms. The number of anilines is 1. The molecule has 0 saturated heterocycles. The third-order valence-corrected chi connectivity index (χ3v) is 2.69. The highest BCUT2D eigenvalue weighted by atomic mass is 35.5. The molecule has 0 saturated carbocycles. The second-order valence-electron chi connectivity index (χ2n) is 3.51. The molecule has 0 aromatic heterocycles. The van der Waals surface area contributed by atoms with Gasteiger partial charge >= 0.3 is 0 Å². The summed E-state index contributed by atoms with van der Waals surface area (Å²) in [6.07, 6.45) is 0.919. The summed E-state index contributed by atoms with van der Waals surface area (Å²) in [7, 11) is 1.66. The number of hydrogen-bond acceptors (Lipinski definition) is 3. The minimum Gasteiger partial charge on any atom is -0.384 e. The molecule has 1 N–H and O–H groups in total. The molecule has 1 rings (SSSR count). The van der Waals surface area contributed by atoms with E-state index in [1.807, 2.05) is 12.1 Å². The van der Waals surface area contributed by atoms with Gasteiger partial charge in [-0.1, -0.05) is 23.2 Å². The van der Waals surface area contributed by atoms with Crippen LogP contribution in [0.15, 0.2) is 18.2 Å². The highest BCUT2D eigenvalue weighted by Crippen LogP contribution is 2.25. The maximum absolute atomic E-state index is 6.02. The van der Waals surface area contributed by atoms with Gasteiger partial charge in [-0.25, -0.2) is 0 Å². The fraction of sp³-hybridized carbons (Fsp3) is 0.500. The Hall–Kier alpha value is -0.480. The van der Waals surface area contributed by atoms with Crippen molar-refractivity contribution in [2.75, 3.05) is 38.8 Å². The van der Waals surface area contributed by atoms with Gasteiger partial charge in [-0.2, -0.15) is 0 Å². The van der Waals surface area contributed by atoms with Gasteiger partial charge in [0.2, 0.25) is 0 Å². The molecule has 96 valence electrons. The maximum Gasteiger partial charge on any atom is 0.0700 e. The number of halogens is 2. The van der Waals surface area contributed by atoms with E-state index in [1.54, 1.807) is 13.2 Å². The first-order valence-electron chi connectivity index (χ1n) is 5.49. The van der Waals surface area contributed by atoms with Crippen LogP contribution in [0.3, 0.4) is 0 Å². The van der Waals surface area contributed by atoms with Crippen LogP contribution in [-0.4, -0.2) is 33.5 Å². The first-order valence-corrected chi connectivity index (χ1v) is 6.25. The number of rotatable bonds is 8. The molecule has 1 aromatic rings. The van der Waals surface area contributed by atoms with Crippen molar-refractivity contribution in [2.24, 2.45) is 0 Å². The van der Waals surface area contributed by atoms with Gasteiger partial charge in [0.25, 0.3) is 0 Å². The van der Waals surface area contributed by atoms with Gasteiger partial charge in [-0.15, -0.1) is 0 Å². The molecule has 1 aromatic carbocycles. The summed E-state index contributed by atoms with van der Waals surface area (Å²) in [5.41, 5.74) is 0.896. The van der Waals surface area contributed by atoms with Crippen LogP contribution in [0.4, 0.5) is 5.69 Å². The molecule has 0 bridgehead atoms. The fourth-order valence-electron chi connectivity index (χ4n) is 1.27. The molecule has 0 radical (unpaired) electrons. The highest BCUT2D eigenvalue weighted by molar-refractivity contribution is 6.36. The molecule has 0 amide bonds. The Morgan fingerprint density at radius 2 is 2.00 bits per heavy atom. The largest absolute Gasteiger partial charge is 0.384 e. The van der Waals surface area contributed by atoms with Crippen LogP contribution in [0.25, 0.3) is 0 Å². The topological polar surface area (TPSA) is 30.5 Å². The predicted molar refractivity (Wildman–Crippen MR) is 72.3 cm³/mol. The quantitative estimate of drug-likeness (QED) is 0.739. The average molecular weight is 278 g/mol. The number of hydrogen-bond donors (Lipinski definition) is 1. The third-order valence-electron chi connectivity index (χ3n) is 2.14. The summed E-state index contributed by atoms with van der Waals surface area (Å²) in [6.45, 7) is 2.80. The third kappa shape index (κ3) is 6.13. The molecule has 0 aliphatic carbocycles. The van der Waals surface area contributed by atoms with Crippen LogP contribution in [0.2, 0.25) is 10.0 Å². The summed E-state index contributed by atoms with van der Waals surface area (Å²) >= 11 is 11.8. The monoisotopic (exact) mass is 277 g/mol. The molecule has 0 heterocycles. The lowest BCUT2D eigenvalue weighted by atomic mass is 10.3. The Labute approximate surface area is 112 Å². The van der Waals surface area contributed by atoms with Crippen LogP contribution >= 0.6 is 23.2 Å². The Balaban J connectivity index is 2.14. The van der Waals surface area contributed by atoms with Gasteiger partial charge in [0.15, 0.2) is 0 Å². The van der Waals surface area contributed by atoms with E-state index in [2.05, 4.69) is 5.32 Å². The van der Waals surface area contributed by atoms with E-state index in [0.29, 0.717) is 29.9 Å². The first kappa shape index (κ1) is 14.6. The molecule has 0 unspecified atom stereocenters. The molecule has 17 heavy (non-hydrogen) atoms. The van der Waals surface area contributed by atoms with Gasteiger partial charge in [-0.3, -0.25) is 0 Å². The smallest absolute Gasteiger partial charge is 0.0700 e. The number of nitrogens with one attached hydrogen (secondary N) is 1. The zero-order valence-corrected chi connectivity index (χ0v) is 11.4. The van der Waals surface area contributed by atoms with Crippen molar-refractivity contribution in [3.63, 3.8) is 0 Å². The Kier molecular flexibility index (Phi) is 7.37. The zero-order valence-electron chi connectivity index (χ0n) is 9.84. The van der Waals surface area contributed by atoms with Crippen molar-refractivity contribution in [2.45, 2.75) is 6.42 Å². The maximum atomic E-state index is 6.02. The summed E-state index contributed by atoms with van der Waals surface area (Å²) < 4.78 is 10.2. The van der Waals surface area contributed by atoms with Crippen LogP contribution in [0.5, 0.6) is 0 Å². The van der Waals surface area contributed by atoms with Crippen molar-refractivity contribution in [1.82, 2.24) is 0 Å². The van der Waals surface area contributed by atoms with Crippen LogP contribution in [0.1, 0.15) is 6.42 Å². The molecule has 0 aliphatic rings. The second kappa shape index (κ2) is 8.59. The minimum atomic E-state index is 0.635. The van der Waals surface area contributed by atoms with E-state index in [-0.39, 0.29) is 0 Å². The van der Waals surface area contributed by atoms with Crippen molar-refractivity contribution in [3.05, 3.63) is 28.2 Å². The van der Waals surface area contributed by atoms with Crippen molar-refractivity contribution >= 4 is 28.9 Å². The van der Waals surface area contributed by atoms with E-state index >= 15 is 0 Å². The van der Waals surface area contributed by atoms with E-state index in [4.69, 9.17) is 32.7 Å². The van der Waals surface area contributed by atoms with Gasteiger partial charge in [0.1, 0.15) is 0 Å². The lowest BCUT2D eigenvalue weighted by molar-refractivity contribution is 0.0705. The number of ether oxygens (including phenoxy) is 2. The van der Waals surface area contributed by atoms with Crippen LogP contribution in [0, 0.1) is 0 Å². The molecule has 0 atom stereocenters. The average Bonchev–Trinajstić information content (AvgIpc) is 2.30. The van der Waals surface area contributed by atoms with Crippen molar-refractivity contribution < 1.29 is 9.47 Å². The molecule has 0 aliphatic heterocycles. The first-order chi connectivity index (χ1) is 8.24. The lowest BCUT2D eigenvalue weighted by Crippen LogP contribution is -2.08. The Morgan fingerprint density at radius 1 is 1.18 bits per heavy atom. The summed E-state index contributed by atoms with van der Waals surface area (Å²) in [5.74, 6) is 0. The van der Waals surface area contributed by atoms with E-state index in [1.165, 1.54) is 0 Å². The van der Waals surface area contributed by atoms with Crippen molar-refractivity contribution in [1.29, 1.82) is 0 Å². The summed E-state index contributed by atoms with van der Waals surface area (Å²) in [5, 5.41) is 4.51.